The van der Waals surface area contributed by atoms with Gasteiger partial charge in [0.05, 0.1) is 18.6 Å². The zero-order valence-electron chi connectivity index (χ0n) is 21.8. The largest absolute Gasteiger partial charge is 0.513 e. The summed E-state index contributed by atoms with van der Waals surface area (Å²) in [6, 6.07) is 3.28. The molecular formula is C25H37NO10. The lowest BCUT2D eigenvalue weighted by atomic mass is 9.97. The van der Waals surface area contributed by atoms with Gasteiger partial charge in [0.2, 0.25) is 0 Å². The van der Waals surface area contributed by atoms with Crippen LogP contribution < -0.4 is 15.2 Å². The number of rotatable bonds is 12. The Labute approximate surface area is 211 Å². The molecule has 0 saturated carbocycles. The molecule has 202 valence electrons. The van der Waals surface area contributed by atoms with E-state index in [-0.39, 0.29) is 37.7 Å². The second-order valence-corrected chi connectivity index (χ2v) is 9.09. The lowest BCUT2D eigenvalue weighted by molar-refractivity contribution is -0.165. The molecule has 0 radical (unpaired) electrons. The molecule has 0 aromatic heterocycles. The van der Waals surface area contributed by atoms with Crippen LogP contribution in [0, 0.1) is 5.41 Å². The molecule has 0 aliphatic rings. The van der Waals surface area contributed by atoms with Crippen molar-refractivity contribution in [1.82, 2.24) is 0 Å². The van der Waals surface area contributed by atoms with E-state index >= 15 is 0 Å². The van der Waals surface area contributed by atoms with Crippen LogP contribution in [0.4, 0.5) is 9.59 Å². The Bertz CT molecular complexity index is 893. The van der Waals surface area contributed by atoms with E-state index in [1.165, 1.54) is 12.1 Å². The SMILES string of the molecule is CCCOC(=O)Oc1ccc(C[C@H](N)C(=O)OC[C@H](C)OC(=O)C(C)(C)C)cc1OC(=O)OCCC. The molecule has 1 aromatic carbocycles. The van der Waals surface area contributed by atoms with Gasteiger partial charge in [-0.05, 0) is 64.7 Å². The molecule has 0 aliphatic heterocycles. The molecule has 11 heteroatoms. The highest BCUT2D eigenvalue weighted by atomic mass is 16.7. The van der Waals surface area contributed by atoms with Crippen LogP contribution in [-0.2, 0) is 35.0 Å². The van der Waals surface area contributed by atoms with Crippen molar-refractivity contribution in [3.8, 4) is 11.5 Å². The molecule has 11 nitrogen and oxygen atoms in total. The minimum atomic E-state index is -1.06. The lowest BCUT2D eigenvalue weighted by Crippen LogP contribution is -2.37. The fraction of sp³-hybridized carbons (Fsp3) is 0.600. The van der Waals surface area contributed by atoms with Crippen LogP contribution >= 0.6 is 0 Å². The van der Waals surface area contributed by atoms with E-state index in [0.29, 0.717) is 18.4 Å². The summed E-state index contributed by atoms with van der Waals surface area (Å²) >= 11 is 0. The predicted octanol–water partition coefficient (Wildman–Crippen LogP) is 3.93. The maximum atomic E-state index is 12.3. The van der Waals surface area contributed by atoms with E-state index in [2.05, 4.69) is 0 Å². The Kier molecular flexibility index (Phi) is 12.7. The van der Waals surface area contributed by atoms with Gasteiger partial charge in [-0.2, -0.15) is 0 Å². The van der Waals surface area contributed by atoms with Crippen LogP contribution in [0.25, 0.3) is 0 Å². The number of nitrogens with two attached hydrogens (primary N) is 1. The van der Waals surface area contributed by atoms with Crippen molar-refractivity contribution in [3.63, 3.8) is 0 Å². The number of benzene rings is 1. The lowest BCUT2D eigenvalue weighted by Gasteiger charge is -2.21. The molecule has 0 spiro atoms. The molecule has 1 aromatic rings. The smallest absolute Gasteiger partial charge is 0.461 e. The fourth-order valence-electron chi connectivity index (χ4n) is 2.49. The Morgan fingerprint density at radius 1 is 0.889 bits per heavy atom. The quantitative estimate of drug-likeness (QED) is 0.247. The molecule has 0 aliphatic carbocycles. The van der Waals surface area contributed by atoms with Gasteiger partial charge in [-0.3, -0.25) is 9.59 Å². The van der Waals surface area contributed by atoms with E-state index in [9.17, 15) is 19.2 Å². The maximum absolute atomic E-state index is 12.3. The molecule has 0 unspecified atom stereocenters. The number of carbonyl (C=O) groups excluding carboxylic acids is 4. The summed E-state index contributed by atoms with van der Waals surface area (Å²) in [4.78, 5) is 48.1. The Hall–Kier alpha value is -3.34. The molecule has 0 heterocycles. The van der Waals surface area contributed by atoms with Crippen LogP contribution in [0.3, 0.4) is 0 Å². The highest BCUT2D eigenvalue weighted by Gasteiger charge is 2.26. The van der Waals surface area contributed by atoms with Crippen molar-refractivity contribution in [1.29, 1.82) is 0 Å². The molecule has 2 N–H and O–H groups in total. The highest BCUT2D eigenvalue weighted by molar-refractivity contribution is 5.77. The van der Waals surface area contributed by atoms with Gasteiger partial charge in [-0.1, -0.05) is 19.9 Å². The van der Waals surface area contributed by atoms with Crippen LogP contribution in [0.2, 0.25) is 0 Å². The minimum Gasteiger partial charge on any atom is -0.461 e. The number of carbonyl (C=O) groups is 4. The van der Waals surface area contributed by atoms with E-state index in [0.717, 1.165) is 0 Å². The van der Waals surface area contributed by atoms with Crippen molar-refractivity contribution in [2.75, 3.05) is 19.8 Å². The van der Waals surface area contributed by atoms with E-state index in [1.54, 1.807) is 33.8 Å². The third-order valence-corrected chi connectivity index (χ3v) is 4.38. The van der Waals surface area contributed by atoms with E-state index in [4.69, 9.17) is 34.2 Å². The molecule has 0 bridgehead atoms. The second kappa shape index (κ2) is 14.9. The number of hydrogen-bond donors (Lipinski definition) is 1. The third kappa shape index (κ3) is 11.4. The van der Waals surface area contributed by atoms with Gasteiger partial charge < -0.3 is 34.2 Å². The van der Waals surface area contributed by atoms with Crippen molar-refractivity contribution in [3.05, 3.63) is 23.8 Å². The average Bonchev–Trinajstić information content (AvgIpc) is 2.80. The number of esters is 2. The van der Waals surface area contributed by atoms with Gasteiger partial charge in [-0.15, -0.1) is 0 Å². The first-order chi connectivity index (χ1) is 16.9. The average molecular weight is 512 g/mol. The monoisotopic (exact) mass is 511 g/mol. The Morgan fingerprint density at radius 3 is 1.97 bits per heavy atom. The Morgan fingerprint density at radius 2 is 1.44 bits per heavy atom. The van der Waals surface area contributed by atoms with E-state index in [1.807, 2.05) is 13.8 Å². The third-order valence-electron chi connectivity index (χ3n) is 4.38. The number of ether oxygens (including phenoxy) is 6. The topological polar surface area (TPSA) is 150 Å². The second-order valence-electron chi connectivity index (χ2n) is 9.09. The summed E-state index contributed by atoms with van der Waals surface area (Å²) in [6.07, 6.45) is -1.37. The van der Waals surface area contributed by atoms with E-state index < -0.39 is 41.8 Å². The van der Waals surface area contributed by atoms with Gasteiger partial charge in [0.15, 0.2) is 11.5 Å². The zero-order valence-corrected chi connectivity index (χ0v) is 21.8. The molecule has 2 atom stereocenters. The molecule has 0 amide bonds. The normalized spacial score (nSPS) is 12.6. The van der Waals surface area contributed by atoms with Crippen LogP contribution in [0.1, 0.15) is 59.9 Å². The first-order valence-corrected chi connectivity index (χ1v) is 11.8. The first kappa shape index (κ1) is 30.7. The van der Waals surface area contributed by atoms with Crippen LogP contribution in [-0.4, -0.2) is 56.2 Å². The predicted molar refractivity (Wildman–Crippen MR) is 129 cm³/mol. The van der Waals surface area contributed by atoms with Gasteiger partial charge >= 0.3 is 24.2 Å². The molecule has 0 fully saturated rings. The summed E-state index contributed by atoms with van der Waals surface area (Å²) in [5.74, 6) is -1.30. The zero-order chi connectivity index (χ0) is 27.3. The summed E-state index contributed by atoms with van der Waals surface area (Å²) < 4.78 is 30.5. The Balaban J connectivity index is 2.84. The summed E-state index contributed by atoms with van der Waals surface area (Å²) in [5.41, 5.74) is 5.80. The van der Waals surface area contributed by atoms with Crippen molar-refractivity contribution in [2.24, 2.45) is 11.1 Å². The van der Waals surface area contributed by atoms with Crippen molar-refractivity contribution in [2.45, 2.75) is 73.0 Å². The van der Waals surface area contributed by atoms with Crippen molar-refractivity contribution < 1.29 is 47.6 Å². The van der Waals surface area contributed by atoms with Crippen LogP contribution in [0.5, 0.6) is 11.5 Å². The summed E-state index contributed by atoms with van der Waals surface area (Å²) in [7, 11) is 0. The van der Waals surface area contributed by atoms with Crippen LogP contribution in [0.15, 0.2) is 18.2 Å². The standard InChI is InChI=1S/C25H37NO10/c1-7-11-31-23(29)35-19-10-9-17(14-20(19)36-24(30)32-12-8-2)13-18(26)21(27)33-15-16(3)34-22(28)25(4,5)6/h9-10,14,16,18H,7-8,11-13,15,26H2,1-6H3/t16-,18-/m0/s1. The summed E-state index contributed by atoms with van der Waals surface area (Å²) in [6.45, 7) is 10.6. The molecule has 1 rings (SSSR count). The maximum Gasteiger partial charge on any atom is 0.513 e. The van der Waals surface area contributed by atoms with Gasteiger partial charge in [0.25, 0.3) is 0 Å². The fourth-order valence-corrected chi connectivity index (χ4v) is 2.49. The summed E-state index contributed by atoms with van der Waals surface area (Å²) in [5, 5.41) is 0. The minimum absolute atomic E-state index is 0.0237. The van der Waals surface area contributed by atoms with Gasteiger partial charge in [0.1, 0.15) is 18.8 Å². The van der Waals surface area contributed by atoms with Crippen molar-refractivity contribution >= 4 is 24.2 Å². The molecular weight excluding hydrogens is 474 g/mol. The molecule has 36 heavy (non-hydrogen) atoms. The highest BCUT2D eigenvalue weighted by Crippen LogP contribution is 2.30. The molecule has 0 saturated heterocycles. The van der Waals surface area contributed by atoms with Gasteiger partial charge in [-0.25, -0.2) is 9.59 Å². The number of hydrogen-bond acceptors (Lipinski definition) is 11. The van der Waals surface area contributed by atoms with Gasteiger partial charge in [0, 0.05) is 0 Å². The first-order valence-electron chi connectivity index (χ1n) is 11.8.